The molecule has 0 aromatic rings. The molecule has 0 aliphatic carbocycles. The van der Waals surface area contributed by atoms with Crippen LogP contribution in [-0.4, -0.2) is 29.9 Å². The molecule has 0 aromatic heterocycles. The number of rotatable bonds is 4. The Labute approximate surface area is 97.2 Å². The fourth-order valence-corrected chi connectivity index (χ4v) is 1.03. The Morgan fingerprint density at radius 1 is 1.25 bits per heavy atom. The van der Waals surface area contributed by atoms with Gasteiger partial charge in [-0.2, -0.15) is 0 Å². The summed E-state index contributed by atoms with van der Waals surface area (Å²) in [5, 5.41) is 5.31. The van der Waals surface area contributed by atoms with Crippen LogP contribution in [0.15, 0.2) is 0 Å². The SMILES string of the molecule is CC(N)C(C)C(=O)NCC(=O)NC(C)(C)C. The Morgan fingerprint density at radius 3 is 2.12 bits per heavy atom. The highest BCUT2D eigenvalue weighted by Crippen LogP contribution is 1.99. The largest absolute Gasteiger partial charge is 0.350 e. The number of hydrogen-bond donors (Lipinski definition) is 3. The van der Waals surface area contributed by atoms with Gasteiger partial charge in [-0.1, -0.05) is 6.92 Å². The van der Waals surface area contributed by atoms with Gasteiger partial charge in [-0.3, -0.25) is 9.59 Å². The molecule has 0 aromatic carbocycles. The van der Waals surface area contributed by atoms with Crippen LogP contribution in [0.25, 0.3) is 0 Å². The van der Waals surface area contributed by atoms with E-state index in [1.54, 1.807) is 13.8 Å². The summed E-state index contributed by atoms with van der Waals surface area (Å²) in [4.78, 5) is 22.9. The van der Waals surface area contributed by atoms with E-state index in [2.05, 4.69) is 10.6 Å². The molecule has 5 heteroatoms. The van der Waals surface area contributed by atoms with Gasteiger partial charge >= 0.3 is 0 Å². The fourth-order valence-electron chi connectivity index (χ4n) is 1.03. The molecule has 2 amide bonds. The number of amides is 2. The van der Waals surface area contributed by atoms with Crippen molar-refractivity contribution in [2.45, 2.75) is 46.2 Å². The normalized spacial score (nSPS) is 15.1. The number of hydrogen-bond acceptors (Lipinski definition) is 3. The summed E-state index contributed by atoms with van der Waals surface area (Å²) in [6.45, 7) is 9.15. The Kier molecular flexibility index (Phi) is 5.44. The Balaban J connectivity index is 3.98. The maximum absolute atomic E-state index is 11.5. The predicted octanol–water partition coefficient (Wildman–Crippen LogP) is 0.000600. The molecule has 0 bridgehead atoms. The third kappa shape index (κ3) is 6.40. The highest BCUT2D eigenvalue weighted by molar-refractivity contribution is 5.86. The van der Waals surface area contributed by atoms with E-state index in [0.717, 1.165) is 0 Å². The molecule has 2 atom stereocenters. The van der Waals surface area contributed by atoms with E-state index in [1.807, 2.05) is 20.8 Å². The van der Waals surface area contributed by atoms with Crippen molar-refractivity contribution in [2.75, 3.05) is 6.54 Å². The lowest BCUT2D eigenvalue weighted by atomic mass is 10.0. The first-order valence-electron chi connectivity index (χ1n) is 5.48. The molecule has 0 saturated carbocycles. The van der Waals surface area contributed by atoms with Crippen molar-refractivity contribution >= 4 is 11.8 Å². The van der Waals surface area contributed by atoms with Crippen LogP contribution in [0.5, 0.6) is 0 Å². The summed E-state index contributed by atoms with van der Waals surface area (Å²) in [6, 6.07) is -0.217. The summed E-state index contributed by atoms with van der Waals surface area (Å²) in [5.41, 5.74) is 5.30. The molecule has 0 rings (SSSR count). The van der Waals surface area contributed by atoms with Crippen molar-refractivity contribution in [3.8, 4) is 0 Å². The first-order chi connectivity index (χ1) is 7.13. The van der Waals surface area contributed by atoms with Gasteiger partial charge in [-0.15, -0.1) is 0 Å². The monoisotopic (exact) mass is 229 g/mol. The molecule has 0 heterocycles. The topological polar surface area (TPSA) is 84.2 Å². The minimum atomic E-state index is -0.289. The second-order valence-electron chi connectivity index (χ2n) is 5.16. The zero-order chi connectivity index (χ0) is 12.9. The molecule has 0 fully saturated rings. The van der Waals surface area contributed by atoms with Crippen LogP contribution in [0.2, 0.25) is 0 Å². The molecule has 5 nitrogen and oxygen atoms in total. The third-order valence-corrected chi connectivity index (χ3v) is 2.14. The zero-order valence-corrected chi connectivity index (χ0v) is 10.8. The molecule has 0 saturated heterocycles. The van der Waals surface area contributed by atoms with Gasteiger partial charge in [0.15, 0.2) is 0 Å². The van der Waals surface area contributed by atoms with Gasteiger partial charge in [0.25, 0.3) is 0 Å². The lowest BCUT2D eigenvalue weighted by Gasteiger charge is -2.21. The van der Waals surface area contributed by atoms with E-state index in [1.165, 1.54) is 0 Å². The van der Waals surface area contributed by atoms with E-state index in [4.69, 9.17) is 5.73 Å². The van der Waals surface area contributed by atoms with Crippen molar-refractivity contribution in [1.29, 1.82) is 0 Å². The van der Waals surface area contributed by atoms with Crippen LogP contribution in [0.3, 0.4) is 0 Å². The Morgan fingerprint density at radius 2 is 1.75 bits per heavy atom. The molecular formula is C11H23N3O2. The maximum atomic E-state index is 11.5. The van der Waals surface area contributed by atoms with E-state index in [9.17, 15) is 9.59 Å². The molecular weight excluding hydrogens is 206 g/mol. The van der Waals surface area contributed by atoms with Crippen molar-refractivity contribution in [1.82, 2.24) is 10.6 Å². The summed E-state index contributed by atoms with van der Waals surface area (Å²) < 4.78 is 0. The smallest absolute Gasteiger partial charge is 0.239 e. The molecule has 0 spiro atoms. The van der Waals surface area contributed by atoms with Crippen LogP contribution >= 0.6 is 0 Å². The molecule has 94 valence electrons. The molecule has 16 heavy (non-hydrogen) atoms. The Hall–Kier alpha value is -1.10. The van der Waals surface area contributed by atoms with Gasteiger partial charge in [-0.25, -0.2) is 0 Å². The first kappa shape index (κ1) is 14.9. The summed E-state index contributed by atoms with van der Waals surface area (Å²) in [5.74, 6) is -0.681. The van der Waals surface area contributed by atoms with E-state index < -0.39 is 0 Å². The molecule has 0 radical (unpaired) electrons. The van der Waals surface area contributed by atoms with Gasteiger partial charge in [0.2, 0.25) is 11.8 Å². The molecule has 0 aliphatic rings. The van der Waals surface area contributed by atoms with Crippen molar-refractivity contribution in [3.63, 3.8) is 0 Å². The molecule has 0 aliphatic heterocycles. The number of nitrogens with one attached hydrogen (secondary N) is 2. The van der Waals surface area contributed by atoms with Gasteiger partial charge < -0.3 is 16.4 Å². The van der Waals surface area contributed by atoms with E-state index >= 15 is 0 Å². The standard InChI is InChI=1S/C11H23N3O2/c1-7(8(2)12)10(16)13-6-9(15)14-11(3,4)5/h7-8H,6,12H2,1-5H3,(H,13,16)(H,14,15). The minimum Gasteiger partial charge on any atom is -0.350 e. The average molecular weight is 229 g/mol. The van der Waals surface area contributed by atoms with Gasteiger partial charge in [0.05, 0.1) is 6.54 Å². The second-order valence-corrected chi connectivity index (χ2v) is 5.16. The van der Waals surface area contributed by atoms with Crippen LogP contribution < -0.4 is 16.4 Å². The predicted molar refractivity (Wildman–Crippen MR) is 63.7 cm³/mol. The van der Waals surface area contributed by atoms with Crippen molar-refractivity contribution in [2.24, 2.45) is 11.7 Å². The lowest BCUT2D eigenvalue weighted by molar-refractivity contribution is -0.129. The van der Waals surface area contributed by atoms with Crippen molar-refractivity contribution in [3.05, 3.63) is 0 Å². The second kappa shape index (κ2) is 5.84. The van der Waals surface area contributed by atoms with Crippen LogP contribution in [0.4, 0.5) is 0 Å². The minimum absolute atomic E-state index is 0.00678. The van der Waals surface area contributed by atoms with Crippen molar-refractivity contribution < 1.29 is 9.59 Å². The summed E-state index contributed by atoms with van der Waals surface area (Å²) >= 11 is 0. The number of carbonyl (C=O) groups is 2. The fraction of sp³-hybridized carbons (Fsp3) is 0.818. The highest BCUT2D eigenvalue weighted by atomic mass is 16.2. The van der Waals surface area contributed by atoms with E-state index in [0.29, 0.717) is 0 Å². The van der Waals surface area contributed by atoms with Crippen LogP contribution in [-0.2, 0) is 9.59 Å². The van der Waals surface area contributed by atoms with E-state index in [-0.39, 0.29) is 35.9 Å². The molecule has 4 N–H and O–H groups in total. The quantitative estimate of drug-likeness (QED) is 0.634. The third-order valence-electron chi connectivity index (χ3n) is 2.14. The number of nitrogens with two attached hydrogens (primary N) is 1. The number of carbonyl (C=O) groups excluding carboxylic acids is 2. The highest BCUT2D eigenvalue weighted by Gasteiger charge is 2.18. The first-order valence-corrected chi connectivity index (χ1v) is 5.48. The van der Waals surface area contributed by atoms with Gasteiger partial charge in [0, 0.05) is 17.5 Å². The van der Waals surface area contributed by atoms with Gasteiger partial charge in [0.1, 0.15) is 0 Å². The van der Waals surface area contributed by atoms with Gasteiger partial charge in [-0.05, 0) is 27.7 Å². The molecule has 2 unspecified atom stereocenters. The van der Waals surface area contributed by atoms with Crippen LogP contribution in [0.1, 0.15) is 34.6 Å². The average Bonchev–Trinajstić information content (AvgIpc) is 2.09. The summed E-state index contributed by atoms with van der Waals surface area (Å²) in [7, 11) is 0. The lowest BCUT2D eigenvalue weighted by Crippen LogP contribution is -2.47. The Bertz CT molecular complexity index is 256. The zero-order valence-electron chi connectivity index (χ0n) is 10.8. The summed E-state index contributed by atoms with van der Waals surface area (Å²) in [6.07, 6.45) is 0. The van der Waals surface area contributed by atoms with Crippen LogP contribution in [0, 0.1) is 5.92 Å². The maximum Gasteiger partial charge on any atom is 0.239 e.